The number of benzene rings is 3. The molecule has 0 aromatic heterocycles. The number of rotatable bonds is 10. The number of carbonyl (C=O) groups is 2. The normalized spacial score (nSPS) is 12.4. The van der Waals surface area contributed by atoms with Crippen LogP contribution in [-0.4, -0.2) is 45.4 Å². The average Bonchev–Trinajstić information content (AvgIpc) is 2.92. The van der Waals surface area contributed by atoms with E-state index in [1.807, 2.05) is 37.3 Å². The number of amides is 3. The van der Waals surface area contributed by atoms with Gasteiger partial charge in [-0.1, -0.05) is 36.4 Å². The van der Waals surface area contributed by atoms with E-state index in [1.165, 1.54) is 11.1 Å². The molecule has 0 fully saturated rings. The molecule has 0 unspecified atom stereocenters. The van der Waals surface area contributed by atoms with Crippen molar-refractivity contribution < 1.29 is 19.1 Å². The zero-order valence-corrected chi connectivity index (χ0v) is 21.4. The second kappa shape index (κ2) is 12.8. The molecule has 0 saturated carbocycles. The third-order valence-corrected chi connectivity index (χ3v) is 6.28. The molecule has 0 spiro atoms. The fourth-order valence-corrected chi connectivity index (χ4v) is 4.42. The van der Waals surface area contributed by atoms with Gasteiger partial charge in [0, 0.05) is 44.2 Å². The van der Waals surface area contributed by atoms with Gasteiger partial charge in [-0.15, -0.1) is 0 Å². The number of anilines is 3. The Labute approximate surface area is 218 Å². The summed E-state index contributed by atoms with van der Waals surface area (Å²) in [5.41, 5.74) is 5.03. The standard InChI is InChI=1S/C29H34N4O4/c1-3-37-18-8-16-30-28(34)24-19-23(31-29(35)32-25-11-6-7-12-27(25)36-2)13-14-26(24)33-17-15-21-9-4-5-10-22(21)20-33/h4-7,9-14,19H,3,8,15-18,20H2,1-2H3,(H,30,34)(H2,31,32,35). The van der Waals surface area contributed by atoms with E-state index in [1.54, 1.807) is 25.3 Å². The minimum atomic E-state index is -0.424. The summed E-state index contributed by atoms with van der Waals surface area (Å²) in [5.74, 6) is 0.379. The zero-order chi connectivity index (χ0) is 26.0. The highest BCUT2D eigenvalue weighted by Gasteiger charge is 2.22. The van der Waals surface area contributed by atoms with Gasteiger partial charge < -0.3 is 30.3 Å². The lowest BCUT2D eigenvalue weighted by atomic mass is 9.98. The Morgan fingerprint density at radius 1 is 0.973 bits per heavy atom. The lowest BCUT2D eigenvalue weighted by molar-refractivity contribution is 0.0944. The molecule has 0 atom stereocenters. The van der Waals surface area contributed by atoms with E-state index >= 15 is 0 Å². The van der Waals surface area contributed by atoms with Crippen LogP contribution in [-0.2, 0) is 17.7 Å². The van der Waals surface area contributed by atoms with Crippen molar-refractivity contribution in [3.05, 3.63) is 83.4 Å². The van der Waals surface area contributed by atoms with Crippen LogP contribution in [0.4, 0.5) is 21.9 Å². The molecule has 4 rings (SSSR count). The highest BCUT2D eigenvalue weighted by atomic mass is 16.5. The summed E-state index contributed by atoms with van der Waals surface area (Å²) in [6.07, 6.45) is 1.64. The summed E-state index contributed by atoms with van der Waals surface area (Å²) in [4.78, 5) is 28.2. The third kappa shape index (κ3) is 6.80. The van der Waals surface area contributed by atoms with Gasteiger partial charge >= 0.3 is 6.03 Å². The first-order valence-corrected chi connectivity index (χ1v) is 12.6. The van der Waals surface area contributed by atoms with Gasteiger partial charge in [0.15, 0.2) is 0 Å². The van der Waals surface area contributed by atoms with E-state index in [9.17, 15) is 9.59 Å². The van der Waals surface area contributed by atoms with Crippen molar-refractivity contribution in [2.24, 2.45) is 0 Å². The van der Waals surface area contributed by atoms with E-state index in [-0.39, 0.29) is 5.91 Å². The number of nitrogens with zero attached hydrogens (tertiary/aromatic N) is 1. The SMILES string of the molecule is CCOCCCNC(=O)c1cc(NC(=O)Nc2ccccc2OC)ccc1N1CCc2ccccc2C1. The molecule has 0 saturated heterocycles. The van der Waals surface area contributed by atoms with Gasteiger partial charge in [-0.25, -0.2) is 4.79 Å². The number of hydrogen-bond acceptors (Lipinski definition) is 5. The second-order valence-electron chi connectivity index (χ2n) is 8.76. The number of fused-ring (bicyclic) bond motifs is 1. The lowest BCUT2D eigenvalue weighted by Crippen LogP contribution is -2.33. The maximum absolute atomic E-state index is 13.3. The molecule has 37 heavy (non-hydrogen) atoms. The van der Waals surface area contributed by atoms with Crippen molar-refractivity contribution in [3.8, 4) is 5.75 Å². The number of para-hydroxylation sites is 2. The molecule has 0 aliphatic carbocycles. The number of nitrogens with one attached hydrogen (secondary N) is 3. The molecule has 3 N–H and O–H groups in total. The average molecular weight is 503 g/mol. The Kier molecular flexibility index (Phi) is 8.99. The molecule has 8 nitrogen and oxygen atoms in total. The van der Waals surface area contributed by atoms with Gasteiger partial charge in [0.05, 0.1) is 18.4 Å². The molecule has 0 radical (unpaired) electrons. The summed E-state index contributed by atoms with van der Waals surface area (Å²) in [5, 5.41) is 8.65. The maximum atomic E-state index is 13.3. The minimum Gasteiger partial charge on any atom is -0.495 e. The van der Waals surface area contributed by atoms with E-state index in [4.69, 9.17) is 9.47 Å². The summed E-state index contributed by atoms with van der Waals surface area (Å²) in [6, 6.07) is 20.6. The van der Waals surface area contributed by atoms with Crippen molar-refractivity contribution in [2.75, 3.05) is 48.9 Å². The van der Waals surface area contributed by atoms with Gasteiger partial charge in [-0.05, 0) is 61.2 Å². The van der Waals surface area contributed by atoms with E-state index in [2.05, 4.69) is 39.0 Å². The lowest BCUT2D eigenvalue weighted by Gasteiger charge is -2.32. The molecule has 3 aromatic rings. The Bertz CT molecular complexity index is 1230. The van der Waals surface area contributed by atoms with Gasteiger partial charge in [0.25, 0.3) is 5.91 Å². The Balaban J connectivity index is 1.53. The largest absolute Gasteiger partial charge is 0.495 e. The molecule has 1 aliphatic rings. The first kappa shape index (κ1) is 26.0. The first-order chi connectivity index (χ1) is 18.1. The Morgan fingerprint density at radius 2 is 1.76 bits per heavy atom. The van der Waals surface area contributed by atoms with Gasteiger partial charge in [0.2, 0.25) is 0 Å². The zero-order valence-electron chi connectivity index (χ0n) is 21.4. The van der Waals surface area contributed by atoms with Crippen molar-refractivity contribution in [1.29, 1.82) is 0 Å². The molecule has 1 heterocycles. The van der Waals surface area contributed by atoms with Crippen LogP contribution in [0.5, 0.6) is 5.75 Å². The van der Waals surface area contributed by atoms with Crippen LogP contribution in [0.25, 0.3) is 0 Å². The van der Waals surface area contributed by atoms with E-state index in [0.29, 0.717) is 42.4 Å². The van der Waals surface area contributed by atoms with Crippen LogP contribution in [0, 0.1) is 0 Å². The monoisotopic (exact) mass is 502 g/mol. The quantitative estimate of drug-likeness (QED) is 0.337. The number of methoxy groups -OCH3 is 1. The number of carbonyl (C=O) groups excluding carboxylic acids is 2. The Morgan fingerprint density at radius 3 is 2.57 bits per heavy atom. The van der Waals surface area contributed by atoms with Crippen molar-refractivity contribution in [1.82, 2.24) is 5.32 Å². The summed E-state index contributed by atoms with van der Waals surface area (Å²) in [7, 11) is 1.55. The number of urea groups is 1. The maximum Gasteiger partial charge on any atom is 0.323 e. The van der Waals surface area contributed by atoms with Crippen LogP contribution in [0.3, 0.4) is 0 Å². The number of hydrogen-bond donors (Lipinski definition) is 3. The Hall–Kier alpha value is -4.04. The topological polar surface area (TPSA) is 91.9 Å². The molecule has 0 bridgehead atoms. The third-order valence-electron chi connectivity index (χ3n) is 6.28. The first-order valence-electron chi connectivity index (χ1n) is 12.6. The molecule has 194 valence electrons. The molecule has 8 heteroatoms. The van der Waals surface area contributed by atoms with Gasteiger partial charge in [-0.3, -0.25) is 4.79 Å². The summed E-state index contributed by atoms with van der Waals surface area (Å²) >= 11 is 0. The summed E-state index contributed by atoms with van der Waals surface area (Å²) < 4.78 is 10.7. The molecule has 3 aromatic carbocycles. The highest BCUT2D eigenvalue weighted by Crippen LogP contribution is 2.30. The van der Waals surface area contributed by atoms with Crippen molar-refractivity contribution in [3.63, 3.8) is 0 Å². The highest BCUT2D eigenvalue weighted by molar-refractivity contribution is 6.04. The predicted octanol–water partition coefficient (Wildman–Crippen LogP) is 5.06. The van der Waals surface area contributed by atoms with Crippen LogP contribution >= 0.6 is 0 Å². The number of ether oxygens (including phenoxy) is 2. The van der Waals surface area contributed by atoms with Crippen molar-refractivity contribution >= 4 is 29.0 Å². The van der Waals surface area contributed by atoms with Crippen molar-refractivity contribution in [2.45, 2.75) is 26.3 Å². The summed E-state index contributed by atoms with van der Waals surface area (Å²) in [6.45, 7) is 5.23. The van der Waals surface area contributed by atoms with E-state index < -0.39 is 6.03 Å². The molecular weight excluding hydrogens is 468 g/mol. The predicted molar refractivity (Wildman–Crippen MR) is 147 cm³/mol. The van der Waals surface area contributed by atoms with Gasteiger partial charge in [0.1, 0.15) is 5.75 Å². The smallest absolute Gasteiger partial charge is 0.323 e. The van der Waals surface area contributed by atoms with Crippen LogP contribution in [0.15, 0.2) is 66.7 Å². The fourth-order valence-electron chi connectivity index (χ4n) is 4.42. The van der Waals surface area contributed by atoms with Crippen LogP contribution < -0.4 is 25.6 Å². The fraction of sp³-hybridized carbons (Fsp3) is 0.310. The minimum absolute atomic E-state index is 0.181. The molecule has 1 aliphatic heterocycles. The molecular formula is C29H34N4O4. The van der Waals surface area contributed by atoms with Crippen LogP contribution in [0.2, 0.25) is 0 Å². The van der Waals surface area contributed by atoms with Crippen LogP contribution in [0.1, 0.15) is 34.8 Å². The van der Waals surface area contributed by atoms with E-state index in [0.717, 1.165) is 31.6 Å². The van der Waals surface area contributed by atoms with Gasteiger partial charge in [-0.2, -0.15) is 0 Å². The molecule has 3 amide bonds. The second-order valence-corrected chi connectivity index (χ2v) is 8.76.